The summed E-state index contributed by atoms with van der Waals surface area (Å²) in [6, 6.07) is 0. The molecule has 0 bridgehead atoms. The van der Waals surface area contributed by atoms with Crippen LogP contribution in [-0.4, -0.2) is 35.8 Å². The molecule has 20 heavy (non-hydrogen) atoms. The van der Waals surface area contributed by atoms with Crippen molar-refractivity contribution in [2.75, 3.05) is 13.7 Å². The molecule has 0 aliphatic heterocycles. The molecule has 1 heterocycles. The number of hydrogen-bond donors (Lipinski definition) is 0. The van der Waals surface area contributed by atoms with Crippen molar-refractivity contribution >= 4 is 17.5 Å². The summed E-state index contributed by atoms with van der Waals surface area (Å²) in [4.78, 5) is 36.4. The molecule has 6 heteroatoms. The Balaban J connectivity index is 2.71. The van der Waals surface area contributed by atoms with E-state index in [0.717, 1.165) is 6.08 Å². The van der Waals surface area contributed by atoms with Crippen LogP contribution in [0.3, 0.4) is 0 Å². The van der Waals surface area contributed by atoms with Crippen LogP contribution in [0.5, 0.6) is 0 Å². The first-order valence-corrected chi connectivity index (χ1v) is 6.15. The number of aromatic nitrogens is 1. The van der Waals surface area contributed by atoms with Crippen molar-refractivity contribution in [2.45, 2.75) is 13.8 Å². The average molecular weight is 277 g/mol. The van der Waals surface area contributed by atoms with Crippen LogP contribution in [0.15, 0.2) is 11.8 Å². The van der Waals surface area contributed by atoms with Gasteiger partial charge in [0.2, 0.25) is 11.6 Å². The summed E-state index contributed by atoms with van der Waals surface area (Å²) in [7, 11) is 2.94. The topological polar surface area (TPSA) is 74.6 Å². The molecule has 0 saturated carbocycles. The molecule has 0 spiro atoms. The first kappa shape index (κ1) is 14.0. The summed E-state index contributed by atoms with van der Waals surface area (Å²) in [5, 5.41) is 0. The molecule has 1 aromatic rings. The van der Waals surface area contributed by atoms with Gasteiger partial charge in [-0.25, -0.2) is 4.79 Å². The zero-order valence-corrected chi connectivity index (χ0v) is 11.8. The molecule has 1 aliphatic rings. The largest absolute Gasteiger partial charge is 0.492 e. The molecule has 0 atom stereocenters. The van der Waals surface area contributed by atoms with Crippen molar-refractivity contribution in [1.82, 2.24) is 4.57 Å². The Labute approximate surface area is 116 Å². The summed E-state index contributed by atoms with van der Waals surface area (Å²) < 4.78 is 11.4. The highest BCUT2D eigenvalue weighted by molar-refractivity contribution is 6.26. The lowest BCUT2D eigenvalue weighted by Crippen LogP contribution is -2.21. The highest BCUT2D eigenvalue weighted by Crippen LogP contribution is 2.29. The Kier molecular flexibility index (Phi) is 3.48. The minimum Gasteiger partial charge on any atom is -0.492 e. The maximum absolute atomic E-state index is 12.3. The Bertz CT molecular complexity index is 651. The van der Waals surface area contributed by atoms with Gasteiger partial charge in [0.15, 0.2) is 5.76 Å². The molecule has 0 N–H and O–H groups in total. The monoisotopic (exact) mass is 277 g/mol. The minimum absolute atomic E-state index is 0.0628. The van der Waals surface area contributed by atoms with Crippen LogP contribution < -0.4 is 0 Å². The van der Waals surface area contributed by atoms with Gasteiger partial charge in [0, 0.05) is 18.8 Å². The van der Waals surface area contributed by atoms with Crippen LogP contribution in [0.25, 0.3) is 0 Å². The van der Waals surface area contributed by atoms with Gasteiger partial charge in [0.25, 0.3) is 0 Å². The minimum atomic E-state index is -0.611. The van der Waals surface area contributed by atoms with E-state index < -0.39 is 11.8 Å². The van der Waals surface area contributed by atoms with E-state index in [1.54, 1.807) is 20.9 Å². The smallest absolute Gasteiger partial charge is 0.340 e. The fourth-order valence-corrected chi connectivity index (χ4v) is 2.29. The van der Waals surface area contributed by atoms with Gasteiger partial charge in [0.1, 0.15) is 5.69 Å². The predicted octanol–water partition coefficient (Wildman–Crippen LogP) is 1.42. The van der Waals surface area contributed by atoms with Crippen molar-refractivity contribution in [3.63, 3.8) is 0 Å². The summed E-state index contributed by atoms with van der Waals surface area (Å²) in [5.74, 6) is -1.52. The standard InChI is InChI=1S/C14H15NO5/c1-5-20-14(18)10-7(2)15(3)12-8(16)6-9(19-4)13(17)11(10)12/h6H,5H2,1-4H3. The van der Waals surface area contributed by atoms with Crippen molar-refractivity contribution < 1.29 is 23.9 Å². The van der Waals surface area contributed by atoms with E-state index in [2.05, 4.69) is 0 Å². The fourth-order valence-electron chi connectivity index (χ4n) is 2.29. The number of carbonyl (C=O) groups excluding carboxylic acids is 3. The summed E-state index contributed by atoms with van der Waals surface area (Å²) in [6.07, 6.45) is 1.14. The maximum atomic E-state index is 12.3. The lowest BCUT2D eigenvalue weighted by molar-refractivity contribution is 0.0522. The van der Waals surface area contributed by atoms with Crippen molar-refractivity contribution in [2.24, 2.45) is 7.05 Å². The molecule has 1 aromatic heterocycles. The van der Waals surface area contributed by atoms with Gasteiger partial charge in [-0.05, 0) is 13.8 Å². The zero-order valence-electron chi connectivity index (χ0n) is 11.8. The number of carbonyl (C=O) groups is 3. The number of esters is 1. The van der Waals surface area contributed by atoms with Crippen LogP contribution in [0.2, 0.25) is 0 Å². The molecule has 0 amide bonds. The number of nitrogens with zero attached hydrogens (tertiary/aromatic N) is 1. The molecule has 106 valence electrons. The predicted molar refractivity (Wildman–Crippen MR) is 69.9 cm³/mol. The second kappa shape index (κ2) is 4.96. The SMILES string of the molecule is CCOC(=O)c1c2c(n(C)c1C)C(=O)C=C(OC)C2=O. The number of Topliss-reactive ketones (excluding diaryl/α,β-unsaturated/α-hetero) is 1. The van der Waals surface area contributed by atoms with Crippen LogP contribution in [0, 0.1) is 6.92 Å². The molecule has 1 aliphatic carbocycles. The van der Waals surface area contributed by atoms with Crippen LogP contribution >= 0.6 is 0 Å². The summed E-state index contributed by atoms with van der Waals surface area (Å²) >= 11 is 0. The first-order valence-electron chi connectivity index (χ1n) is 6.15. The third-order valence-corrected chi connectivity index (χ3v) is 3.33. The Morgan fingerprint density at radius 3 is 2.55 bits per heavy atom. The van der Waals surface area contributed by atoms with Gasteiger partial charge < -0.3 is 14.0 Å². The zero-order chi connectivity index (χ0) is 15.0. The van der Waals surface area contributed by atoms with Crippen molar-refractivity contribution in [1.29, 1.82) is 0 Å². The molecule has 2 rings (SSSR count). The van der Waals surface area contributed by atoms with Gasteiger partial charge in [-0.15, -0.1) is 0 Å². The van der Waals surface area contributed by atoms with E-state index in [0.29, 0.717) is 5.69 Å². The van der Waals surface area contributed by atoms with E-state index in [4.69, 9.17) is 9.47 Å². The van der Waals surface area contributed by atoms with E-state index in [1.807, 2.05) is 0 Å². The second-order valence-electron chi connectivity index (χ2n) is 4.37. The van der Waals surface area contributed by atoms with E-state index in [1.165, 1.54) is 11.7 Å². The summed E-state index contributed by atoms with van der Waals surface area (Å²) in [6.45, 7) is 3.53. The van der Waals surface area contributed by atoms with Crippen LogP contribution in [0.1, 0.15) is 43.8 Å². The van der Waals surface area contributed by atoms with Crippen molar-refractivity contribution in [3.05, 3.63) is 34.3 Å². The Morgan fingerprint density at radius 1 is 1.35 bits per heavy atom. The molecule has 0 saturated heterocycles. The fraction of sp³-hybridized carbons (Fsp3) is 0.357. The quantitative estimate of drug-likeness (QED) is 0.781. The number of ketones is 2. The van der Waals surface area contributed by atoms with Gasteiger partial charge in [-0.1, -0.05) is 0 Å². The highest BCUT2D eigenvalue weighted by Gasteiger charge is 2.36. The number of hydrogen-bond acceptors (Lipinski definition) is 5. The average Bonchev–Trinajstić information content (AvgIpc) is 2.68. The van der Waals surface area contributed by atoms with Gasteiger partial charge in [-0.3, -0.25) is 9.59 Å². The first-order chi connectivity index (χ1) is 9.43. The third kappa shape index (κ3) is 1.84. The van der Waals surface area contributed by atoms with E-state index in [-0.39, 0.29) is 35.0 Å². The highest BCUT2D eigenvalue weighted by atomic mass is 16.5. The molecular weight excluding hydrogens is 262 g/mol. The van der Waals surface area contributed by atoms with Gasteiger partial charge >= 0.3 is 5.97 Å². The molecule has 6 nitrogen and oxygen atoms in total. The Hall–Kier alpha value is -2.37. The maximum Gasteiger partial charge on any atom is 0.340 e. The Morgan fingerprint density at radius 2 is 2.00 bits per heavy atom. The van der Waals surface area contributed by atoms with E-state index >= 15 is 0 Å². The number of rotatable bonds is 3. The second-order valence-corrected chi connectivity index (χ2v) is 4.37. The van der Waals surface area contributed by atoms with Crippen LogP contribution in [0.4, 0.5) is 0 Å². The van der Waals surface area contributed by atoms with Crippen LogP contribution in [-0.2, 0) is 16.5 Å². The van der Waals surface area contributed by atoms with E-state index in [9.17, 15) is 14.4 Å². The van der Waals surface area contributed by atoms with Crippen molar-refractivity contribution in [3.8, 4) is 0 Å². The summed E-state index contributed by atoms with van der Waals surface area (Å²) in [5.41, 5.74) is 0.899. The molecule has 0 aromatic carbocycles. The number of ether oxygens (including phenoxy) is 2. The lowest BCUT2D eigenvalue weighted by atomic mass is 9.96. The third-order valence-electron chi connectivity index (χ3n) is 3.33. The number of fused-ring (bicyclic) bond motifs is 1. The molecule has 0 radical (unpaired) electrons. The number of methoxy groups -OCH3 is 1. The molecule has 0 fully saturated rings. The molecular formula is C14H15NO5. The number of allylic oxidation sites excluding steroid dienone is 2. The lowest BCUT2D eigenvalue weighted by Gasteiger charge is -2.12. The molecule has 0 unspecified atom stereocenters. The van der Waals surface area contributed by atoms with Gasteiger partial charge in [-0.2, -0.15) is 0 Å². The van der Waals surface area contributed by atoms with Gasteiger partial charge in [0.05, 0.1) is 24.8 Å². The normalized spacial score (nSPS) is 13.9.